The largest absolute Gasteiger partial charge is 0.303 e. The molecule has 0 amide bonds. The lowest BCUT2D eigenvalue weighted by molar-refractivity contribution is 0.444. The predicted octanol–water partition coefficient (Wildman–Crippen LogP) is 4.11. The van der Waals surface area contributed by atoms with Crippen molar-refractivity contribution in [3.8, 4) is 0 Å². The molecular formula is C16H17FN2S. The van der Waals surface area contributed by atoms with Gasteiger partial charge < -0.3 is 5.32 Å². The molecule has 1 N–H and O–H groups in total. The maximum atomic E-state index is 13.8. The maximum absolute atomic E-state index is 13.8. The van der Waals surface area contributed by atoms with Gasteiger partial charge in [-0.1, -0.05) is 12.1 Å². The molecule has 1 aliphatic rings. The summed E-state index contributed by atoms with van der Waals surface area (Å²) in [7, 11) is 0. The number of rotatable bonds is 3. The minimum atomic E-state index is -0.101. The van der Waals surface area contributed by atoms with Gasteiger partial charge in [0.1, 0.15) is 5.82 Å². The Labute approximate surface area is 122 Å². The molecule has 1 aromatic carbocycles. The third kappa shape index (κ3) is 2.72. The third-order valence-corrected chi connectivity index (χ3v) is 4.84. The number of hydrogen-bond acceptors (Lipinski definition) is 3. The zero-order chi connectivity index (χ0) is 13.9. The van der Waals surface area contributed by atoms with E-state index < -0.39 is 0 Å². The Morgan fingerprint density at radius 1 is 1.30 bits per heavy atom. The first kappa shape index (κ1) is 13.6. The van der Waals surface area contributed by atoms with E-state index in [9.17, 15) is 4.39 Å². The van der Waals surface area contributed by atoms with Crippen molar-refractivity contribution < 1.29 is 4.39 Å². The lowest BCUT2D eigenvalue weighted by atomic mass is 10.0. The zero-order valence-corrected chi connectivity index (χ0v) is 12.2. The van der Waals surface area contributed by atoms with E-state index >= 15 is 0 Å². The average Bonchev–Trinajstić information content (AvgIpc) is 2.49. The number of thioether (sulfide) groups is 1. The van der Waals surface area contributed by atoms with Crippen molar-refractivity contribution in [1.29, 1.82) is 0 Å². The zero-order valence-electron chi connectivity index (χ0n) is 11.3. The number of nitrogens with one attached hydrogen (secondary N) is 1. The van der Waals surface area contributed by atoms with Crippen LogP contribution in [0.2, 0.25) is 0 Å². The molecule has 0 saturated carbocycles. The Morgan fingerprint density at radius 3 is 2.90 bits per heavy atom. The van der Waals surface area contributed by atoms with Crippen LogP contribution in [0.4, 0.5) is 4.39 Å². The summed E-state index contributed by atoms with van der Waals surface area (Å²) < 4.78 is 13.8. The summed E-state index contributed by atoms with van der Waals surface area (Å²) in [6.45, 7) is 2.13. The molecule has 2 heterocycles. The van der Waals surface area contributed by atoms with Gasteiger partial charge in [-0.25, -0.2) is 4.39 Å². The highest BCUT2D eigenvalue weighted by molar-refractivity contribution is 7.99. The molecule has 2 atom stereocenters. The highest BCUT2D eigenvalue weighted by Crippen LogP contribution is 2.38. The van der Waals surface area contributed by atoms with Crippen molar-refractivity contribution in [1.82, 2.24) is 10.3 Å². The van der Waals surface area contributed by atoms with Crippen LogP contribution in [0.1, 0.15) is 36.6 Å². The number of nitrogens with zero attached hydrogens (tertiary/aromatic N) is 1. The van der Waals surface area contributed by atoms with E-state index in [4.69, 9.17) is 0 Å². The highest BCUT2D eigenvalue weighted by atomic mass is 32.2. The maximum Gasteiger partial charge on any atom is 0.137 e. The molecule has 0 saturated heterocycles. The molecule has 0 aliphatic carbocycles. The van der Waals surface area contributed by atoms with E-state index in [1.165, 1.54) is 5.56 Å². The summed E-state index contributed by atoms with van der Waals surface area (Å²) in [6.07, 6.45) is 4.63. The van der Waals surface area contributed by atoms with Crippen molar-refractivity contribution >= 4 is 11.8 Å². The van der Waals surface area contributed by atoms with Crippen molar-refractivity contribution in [3.63, 3.8) is 0 Å². The van der Waals surface area contributed by atoms with Crippen LogP contribution in [0, 0.1) is 5.82 Å². The fourth-order valence-electron chi connectivity index (χ4n) is 2.61. The van der Waals surface area contributed by atoms with Gasteiger partial charge in [0.05, 0.1) is 0 Å². The minimum absolute atomic E-state index is 0.101. The molecule has 2 aromatic rings. The number of pyridine rings is 1. The molecular weight excluding hydrogens is 271 g/mol. The number of halogens is 1. The molecule has 2 nitrogen and oxygen atoms in total. The molecule has 3 rings (SSSR count). The molecule has 1 aromatic heterocycles. The van der Waals surface area contributed by atoms with Crippen LogP contribution in [-0.4, -0.2) is 10.7 Å². The summed E-state index contributed by atoms with van der Waals surface area (Å²) in [5.41, 5.74) is 2.29. The van der Waals surface area contributed by atoms with Crippen LogP contribution in [0.15, 0.2) is 47.6 Å². The van der Waals surface area contributed by atoms with Crippen LogP contribution in [-0.2, 0) is 0 Å². The van der Waals surface area contributed by atoms with Crippen LogP contribution in [0.25, 0.3) is 0 Å². The molecule has 0 spiro atoms. The second-order valence-electron chi connectivity index (χ2n) is 5.02. The summed E-state index contributed by atoms with van der Waals surface area (Å²) in [5.74, 6) is 0.852. The number of hydrogen-bond donors (Lipinski definition) is 1. The number of benzene rings is 1. The Kier molecular flexibility index (Phi) is 4.03. The summed E-state index contributed by atoms with van der Waals surface area (Å²) >= 11 is 1.62. The van der Waals surface area contributed by atoms with E-state index in [1.54, 1.807) is 36.3 Å². The van der Waals surface area contributed by atoms with Crippen molar-refractivity contribution in [2.75, 3.05) is 5.75 Å². The molecule has 0 bridgehead atoms. The molecule has 20 heavy (non-hydrogen) atoms. The molecule has 4 heteroatoms. The van der Waals surface area contributed by atoms with Crippen LogP contribution < -0.4 is 5.32 Å². The van der Waals surface area contributed by atoms with Crippen LogP contribution in [0.5, 0.6) is 0 Å². The Hall–Kier alpha value is -1.39. The fourth-order valence-corrected chi connectivity index (χ4v) is 3.75. The number of aromatic nitrogens is 1. The van der Waals surface area contributed by atoms with Gasteiger partial charge in [-0.15, -0.1) is 11.8 Å². The lowest BCUT2D eigenvalue weighted by Crippen LogP contribution is -2.27. The number of fused-ring (bicyclic) bond motifs is 1. The normalized spacial score (nSPS) is 19.4. The summed E-state index contributed by atoms with van der Waals surface area (Å²) in [6, 6.07) is 9.84. The Morgan fingerprint density at radius 2 is 2.10 bits per heavy atom. The Bertz CT molecular complexity index is 588. The highest BCUT2D eigenvalue weighted by Gasteiger charge is 2.24. The molecule has 1 aliphatic heterocycles. The second kappa shape index (κ2) is 5.94. The third-order valence-electron chi connectivity index (χ3n) is 3.68. The lowest BCUT2D eigenvalue weighted by Gasteiger charge is -2.29. The fraction of sp³-hybridized carbons (Fsp3) is 0.312. The van der Waals surface area contributed by atoms with E-state index in [0.29, 0.717) is 0 Å². The predicted molar refractivity (Wildman–Crippen MR) is 80.3 cm³/mol. The first-order chi connectivity index (χ1) is 9.75. The summed E-state index contributed by atoms with van der Waals surface area (Å²) in [5, 5.41) is 3.61. The van der Waals surface area contributed by atoms with Gasteiger partial charge >= 0.3 is 0 Å². The van der Waals surface area contributed by atoms with Crippen LogP contribution >= 0.6 is 11.8 Å². The van der Waals surface area contributed by atoms with Gasteiger partial charge in [0.25, 0.3) is 0 Å². The van der Waals surface area contributed by atoms with Crippen molar-refractivity contribution in [2.24, 2.45) is 0 Å². The van der Waals surface area contributed by atoms with Gasteiger partial charge in [-0.3, -0.25) is 4.98 Å². The second-order valence-corrected chi connectivity index (χ2v) is 6.12. The van der Waals surface area contributed by atoms with Gasteiger partial charge in [0.2, 0.25) is 0 Å². The van der Waals surface area contributed by atoms with E-state index in [0.717, 1.165) is 22.6 Å². The SMILES string of the molecule is CC(NC1CCSc2c(F)cccc21)c1ccncc1. The topological polar surface area (TPSA) is 24.9 Å². The van der Waals surface area contributed by atoms with Gasteiger partial charge in [0.15, 0.2) is 0 Å². The van der Waals surface area contributed by atoms with E-state index in [1.807, 2.05) is 18.2 Å². The molecule has 104 valence electrons. The minimum Gasteiger partial charge on any atom is -0.303 e. The summed E-state index contributed by atoms with van der Waals surface area (Å²) in [4.78, 5) is 4.85. The standard InChI is InChI=1S/C16H17FN2S/c1-11(12-5-8-18-9-6-12)19-15-7-10-20-16-13(15)3-2-4-14(16)17/h2-6,8-9,11,15,19H,7,10H2,1H3. The molecule has 0 radical (unpaired) electrons. The van der Waals surface area contributed by atoms with Gasteiger partial charge in [-0.05, 0) is 48.4 Å². The quantitative estimate of drug-likeness (QED) is 0.920. The van der Waals surface area contributed by atoms with Gasteiger partial charge in [-0.2, -0.15) is 0 Å². The van der Waals surface area contributed by atoms with E-state index in [2.05, 4.69) is 17.2 Å². The van der Waals surface area contributed by atoms with E-state index in [-0.39, 0.29) is 17.9 Å². The van der Waals surface area contributed by atoms with Crippen molar-refractivity contribution in [2.45, 2.75) is 30.3 Å². The van der Waals surface area contributed by atoms with Gasteiger partial charge in [0, 0.05) is 29.4 Å². The first-order valence-corrected chi connectivity index (χ1v) is 7.81. The smallest absolute Gasteiger partial charge is 0.137 e. The average molecular weight is 288 g/mol. The monoisotopic (exact) mass is 288 g/mol. The molecule has 0 fully saturated rings. The van der Waals surface area contributed by atoms with Crippen LogP contribution in [0.3, 0.4) is 0 Å². The first-order valence-electron chi connectivity index (χ1n) is 6.83. The van der Waals surface area contributed by atoms with Crippen molar-refractivity contribution in [3.05, 3.63) is 59.7 Å². The molecule has 2 unspecified atom stereocenters. The Balaban J connectivity index is 1.82.